The van der Waals surface area contributed by atoms with Crippen LogP contribution >= 0.6 is 0 Å². The van der Waals surface area contributed by atoms with Crippen molar-refractivity contribution in [2.75, 3.05) is 24.5 Å². The molecule has 0 aliphatic carbocycles. The lowest BCUT2D eigenvalue weighted by Gasteiger charge is -2.35. The Hall–Kier alpha value is -3.03. The monoisotopic (exact) mass is 417 g/mol. The molecule has 0 fully saturated rings. The lowest BCUT2D eigenvalue weighted by molar-refractivity contribution is -0.117. The molecule has 7 heteroatoms. The molecule has 5 rings (SSSR count). The molecule has 160 valence electrons. The van der Waals surface area contributed by atoms with Crippen LogP contribution in [0.3, 0.4) is 0 Å². The molecule has 1 atom stereocenters. The highest BCUT2D eigenvalue weighted by molar-refractivity contribution is 6.70. The fraction of sp³-hybridized carbons (Fsp3) is 0.375. The van der Waals surface area contributed by atoms with Gasteiger partial charge < -0.3 is 15.3 Å². The number of rotatable bonds is 3. The number of hydrogen-bond donors (Lipinski definition) is 2. The van der Waals surface area contributed by atoms with E-state index in [2.05, 4.69) is 57.5 Å². The van der Waals surface area contributed by atoms with Crippen LogP contribution in [0.2, 0.25) is 0 Å². The van der Waals surface area contributed by atoms with E-state index in [-0.39, 0.29) is 5.71 Å². The van der Waals surface area contributed by atoms with Gasteiger partial charge in [-0.25, -0.2) is 9.98 Å². The standard InChI is InChI=1S/C24H27N5O2/c1-15-12-19-20(13-16(15)2)29(22-21(25-19)23(30)27-24(31)26-22)11-10-28-9-5-8-17-6-3-4-7-18(17)14-28/h3-4,6-7,12-13,24,31H,5,8-11,14H2,1-2H3,(H,27,30). The van der Waals surface area contributed by atoms with Crippen molar-refractivity contribution in [3.63, 3.8) is 0 Å². The molecule has 0 saturated carbocycles. The summed E-state index contributed by atoms with van der Waals surface area (Å²) in [7, 11) is 0. The van der Waals surface area contributed by atoms with Crippen LogP contribution in [0.1, 0.15) is 28.7 Å². The van der Waals surface area contributed by atoms with Crippen molar-refractivity contribution in [2.45, 2.75) is 39.6 Å². The molecule has 1 amide bonds. The van der Waals surface area contributed by atoms with E-state index in [1.807, 2.05) is 17.9 Å². The first-order chi connectivity index (χ1) is 15.0. The number of benzene rings is 2. The predicted octanol–water partition coefficient (Wildman–Crippen LogP) is 2.45. The molecule has 0 spiro atoms. The van der Waals surface area contributed by atoms with Gasteiger partial charge in [0, 0.05) is 19.6 Å². The van der Waals surface area contributed by atoms with E-state index in [4.69, 9.17) is 0 Å². The summed E-state index contributed by atoms with van der Waals surface area (Å²) in [6.45, 7) is 7.55. The van der Waals surface area contributed by atoms with Crippen LogP contribution in [0.4, 0.5) is 11.4 Å². The Balaban J connectivity index is 1.45. The number of aliphatic hydroxyl groups excluding tert-OH is 1. The van der Waals surface area contributed by atoms with Crippen molar-refractivity contribution in [3.05, 3.63) is 58.7 Å². The third-order valence-corrected chi connectivity index (χ3v) is 6.37. The first kappa shape index (κ1) is 19.9. The molecule has 0 saturated heterocycles. The molecule has 3 aliphatic rings. The minimum atomic E-state index is -1.25. The molecule has 3 heterocycles. The Kier molecular flexibility index (Phi) is 5.08. The minimum Gasteiger partial charge on any atom is -0.355 e. The van der Waals surface area contributed by atoms with E-state index in [1.54, 1.807) is 0 Å². The maximum absolute atomic E-state index is 12.5. The van der Waals surface area contributed by atoms with Gasteiger partial charge in [-0.2, -0.15) is 0 Å². The first-order valence-electron chi connectivity index (χ1n) is 10.8. The second-order valence-electron chi connectivity index (χ2n) is 8.49. The van der Waals surface area contributed by atoms with Crippen molar-refractivity contribution in [1.29, 1.82) is 0 Å². The number of aliphatic hydroxyl groups is 1. The van der Waals surface area contributed by atoms with Gasteiger partial charge >= 0.3 is 0 Å². The maximum Gasteiger partial charge on any atom is 0.277 e. The van der Waals surface area contributed by atoms with E-state index >= 15 is 0 Å². The molecule has 0 aromatic heterocycles. The number of amidine groups is 1. The molecule has 3 aliphatic heterocycles. The highest BCUT2D eigenvalue weighted by Crippen LogP contribution is 2.36. The zero-order chi connectivity index (χ0) is 21.5. The third-order valence-electron chi connectivity index (χ3n) is 6.37. The number of nitrogens with one attached hydrogen (secondary N) is 1. The normalized spacial score (nSPS) is 20.7. The lowest BCUT2D eigenvalue weighted by Crippen LogP contribution is -2.54. The minimum absolute atomic E-state index is 0.266. The molecule has 7 nitrogen and oxygen atoms in total. The van der Waals surface area contributed by atoms with E-state index in [1.165, 1.54) is 11.1 Å². The number of nitrogens with zero attached hydrogens (tertiary/aromatic N) is 4. The largest absolute Gasteiger partial charge is 0.355 e. The average Bonchev–Trinajstić information content (AvgIpc) is 2.95. The van der Waals surface area contributed by atoms with Gasteiger partial charge in [0.2, 0.25) is 6.35 Å². The van der Waals surface area contributed by atoms with Crippen molar-refractivity contribution in [3.8, 4) is 0 Å². The Morgan fingerprint density at radius 1 is 1.13 bits per heavy atom. The molecule has 0 radical (unpaired) electrons. The van der Waals surface area contributed by atoms with Crippen LogP contribution in [0.25, 0.3) is 0 Å². The van der Waals surface area contributed by atoms with Gasteiger partial charge in [0.05, 0.1) is 11.4 Å². The summed E-state index contributed by atoms with van der Waals surface area (Å²) in [6.07, 6.45) is 0.982. The summed E-state index contributed by atoms with van der Waals surface area (Å²) in [5.41, 5.74) is 7.08. The van der Waals surface area contributed by atoms with Gasteiger partial charge in [-0.05, 0) is 67.6 Å². The number of carbonyl (C=O) groups is 1. The van der Waals surface area contributed by atoms with Gasteiger partial charge in [-0.1, -0.05) is 24.3 Å². The predicted molar refractivity (Wildman–Crippen MR) is 122 cm³/mol. The van der Waals surface area contributed by atoms with Crippen LogP contribution < -0.4 is 10.2 Å². The van der Waals surface area contributed by atoms with Crippen molar-refractivity contribution in [1.82, 2.24) is 10.2 Å². The Labute approximate surface area is 182 Å². The van der Waals surface area contributed by atoms with E-state index in [0.29, 0.717) is 12.4 Å². The number of fused-ring (bicyclic) bond motifs is 3. The quantitative estimate of drug-likeness (QED) is 0.804. The summed E-state index contributed by atoms with van der Waals surface area (Å²) in [4.78, 5) is 25.9. The highest BCUT2D eigenvalue weighted by Gasteiger charge is 2.35. The SMILES string of the molecule is Cc1cc2c(cc1C)N(CCN1CCCc3ccccc3C1)C1=NC(O)NC(=O)C1=N2. The first-order valence-corrected chi connectivity index (χ1v) is 10.8. The summed E-state index contributed by atoms with van der Waals surface area (Å²) < 4.78 is 0. The molecule has 31 heavy (non-hydrogen) atoms. The van der Waals surface area contributed by atoms with Crippen molar-refractivity contribution in [2.24, 2.45) is 9.98 Å². The second-order valence-corrected chi connectivity index (χ2v) is 8.49. The van der Waals surface area contributed by atoms with Gasteiger partial charge in [-0.15, -0.1) is 0 Å². The number of aliphatic imine (C=N–C) groups is 2. The molecule has 1 unspecified atom stereocenters. The van der Waals surface area contributed by atoms with Crippen molar-refractivity contribution < 1.29 is 9.90 Å². The van der Waals surface area contributed by atoms with E-state index in [0.717, 1.165) is 55.0 Å². The van der Waals surface area contributed by atoms with Crippen LogP contribution in [0, 0.1) is 13.8 Å². The van der Waals surface area contributed by atoms with E-state index in [9.17, 15) is 9.90 Å². The molecular formula is C24H27N5O2. The van der Waals surface area contributed by atoms with Gasteiger partial charge in [0.25, 0.3) is 5.91 Å². The topological polar surface area (TPSA) is 80.5 Å². The zero-order valence-corrected chi connectivity index (χ0v) is 17.9. The number of anilines is 1. The smallest absolute Gasteiger partial charge is 0.277 e. The third kappa shape index (κ3) is 3.75. The number of hydrogen-bond acceptors (Lipinski definition) is 6. The molecule has 0 bridgehead atoms. The number of amides is 1. The van der Waals surface area contributed by atoms with Gasteiger partial charge in [-0.3, -0.25) is 9.69 Å². The zero-order valence-electron chi connectivity index (χ0n) is 17.9. The van der Waals surface area contributed by atoms with Crippen LogP contribution in [0.5, 0.6) is 0 Å². The number of aryl methyl sites for hydroxylation is 3. The summed E-state index contributed by atoms with van der Waals surface area (Å²) in [5.74, 6) is 0.0531. The average molecular weight is 418 g/mol. The number of carbonyl (C=O) groups excluding carboxylic acids is 1. The summed E-state index contributed by atoms with van der Waals surface area (Å²) >= 11 is 0. The maximum atomic E-state index is 12.5. The van der Waals surface area contributed by atoms with Crippen molar-refractivity contribution >= 4 is 28.8 Å². The van der Waals surface area contributed by atoms with Crippen LogP contribution in [-0.2, 0) is 17.8 Å². The molecule has 2 N–H and O–H groups in total. The molecular weight excluding hydrogens is 390 g/mol. The lowest BCUT2D eigenvalue weighted by atomic mass is 10.0. The fourth-order valence-electron chi connectivity index (χ4n) is 4.55. The summed E-state index contributed by atoms with van der Waals surface area (Å²) in [6, 6.07) is 12.8. The summed E-state index contributed by atoms with van der Waals surface area (Å²) in [5, 5.41) is 12.5. The molecule has 2 aromatic rings. The van der Waals surface area contributed by atoms with E-state index < -0.39 is 12.3 Å². The van der Waals surface area contributed by atoms with Gasteiger partial charge in [0.15, 0.2) is 11.5 Å². The van der Waals surface area contributed by atoms with Gasteiger partial charge in [0.1, 0.15) is 0 Å². The molecule has 2 aromatic carbocycles. The highest BCUT2D eigenvalue weighted by atomic mass is 16.3. The Morgan fingerprint density at radius 2 is 1.90 bits per heavy atom. The van der Waals surface area contributed by atoms with Crippen LogP contribution in [-0.4, -0.2) is 53.4 Å². The Morgan fingerprint density at radius 3 is 2.74 bits per heavy atom. The second kappa shape index (κ2) is 7.90. The van der Waals surface area contributed by atoms with Crippen LogP contribution in [0.15, 0.2) is 46.4 Å². The Bertz CT molecular complexity index is 1110. The fourth-order valence-corrected chi connectivity index (χ4v) is 4.55.